The van der Waals surface area contributed by atoms with Gasteiger partial charge in [0, 0.05) is 25.9 Å². The van der Waals surface area contributed by atoms with Crippen molar-refractivity contribution in [3.63, 3.8) is 0 Å². The molecule has 0 spiro atoms. The molecule has 100 valence electrons. The Bertz CT molecular complexity index is 425. The van der Waals surface area contributed by atoms with Gasteiger partial charge in [0.15, 0.2) is 5.78 Å². The Morgan fingerprint density at radius 2 is 2.22 bits per heavy atom. The normalized spacial score (nSPS) is 16.6. The van der Waals surface area contributed by atoms with Gasteiger partial charge < -0.3 is 5.32 Å². The van der Waals surface area contributed by atoms with Gasteiger partial charge in [0.2, 0.25) is 0 Å². The molecule has 1 fully saturated rings. The molecule has 2 heterocycles. The van der Waals surface area contributed by atoms with Crippen molar-refractivity contribution in [1.82, 2.24) is 20.3 Å². The van der Waals surface area contributed by atoms with Crippen LogP contribution in [0.15, 0.2) is 6.20 Å². The van der Waals surface area contributed by atoms with E-state index < -0.39 is 18.4 Å². The van der Waals surface area contributed by atoms with Gasteiger partial charge in [-0.15, -0.1) is 5.10 Å². The molecule has 1 aliphatic rings. The second-order valence-electron chi connectivity index (χ2n) is 4.29. The highest BCUT2D eigenvalue weighted by atomic mass is 19.4. The lowest BCUT2D eigenvalue weighted by Gasteiger charge is -2.26. The summed E-state index contributed by atoms with van der Waals surface area (Å²) in [6.45, 7) is 1.54. The number of carbonyl (C=O) groups excluding carboxylic acids is 1. The maximum absolute atomic E-state index is 11.9. The number of halogens is 3. The van der Waals surface area contributed by atoms with E-state index in [1.54, 1.807) is 4.68 Å². The Hall–Kier alpha value is -1.44. The van der Waals surface area contributed by atoms with Crippen molar-refractivity contribution in [3.05, 3.63) is 11.9 Å². The third kappa shape index (κ3) is 3.28. The van der Waals surface area contributed by atoms with Crippen molar-refractivity contribution < 1.29 is 18.0 Å². The van der Waals surface area contributed by atoms with Crippen LogP contribution in [0.25, 0.3) is 0 Å². The third-order valence-corrected chi connectivity index (χ3v) is 2.79. The molecule has 0 aromatic carbocycles. The van der Waals surface area contributed by atoms with Crippen molar-refractivity contribution >= 4 is 5.78 Å². The largest absolute Gasteiger partial charge is 0.389 e. The summed E-state index contributed by atoms with van der Waals surface area (Å²) in [6, 6.07) is 0.189. The molecule has 0 amide bonds. The molecule has 0 atom stereocenters. The average molecular weight is 262 g/mol. The van der Waals surface area contributed by atoms with Crippen LogP contribution in [0, 0.1) is 0 Å². The number of nitrogens with one attached hydrogen (secondary N) is 1. The summed E-state index contributed by atoms with van der Waals surface area (Å²) in [6.07, 6.45) is -4.02. The van der Waals surface area contributed by atoms with Gasteiger partial charge in [-0.2, -0.15) is 13.2 Å². The molecule has 1 saturated heterocycles. The lowest BCUT2D eigenvalue weighted by molar-refractivity contribution is -0.135. The van der Waals surface area contributed by atoms with E-state index >= 15 is 0 Å². The molecule has 0 radical (unpaired) electrons. The Morgan fingerprint density at radius 3 is 2.78 bits per heavy atom. The highest BCUT2D eigenvalue weighted by molar-refractivity contribution is 5.93. The number of Topliss-reactive ketones (excluding diaryl/α,β-unsaturated/α-hetero) is 1. The SMILES string of the molecule is O=C(CCCC(F)(F)F)c1cn(C2CNC2)nn1. The minimum absolute atomic E-state index is 0.143. The summed E-state index contributed by atoms with van der Waals surface area (Å²) in [5.74, 6) is -0.391. The summed E-state index contributed by atoms with van der Waals surface area (Å²) in [5.41, 5.74) is 0.143. The Kier molecular flexibility index (Phi) is 3.65. The van der Waals surface area contributed by atoms with E-state index in [4.69, 9.17) is 0 Å². The van der Waals surface area contributed by atoms with E-state index in [2.05, 4.69) is 15.6 Å². The fourth-order valence-electron chi connectivity index (χ4n) is 1.62. The van der Waals surface area contributed by atoms with E-state index in [9.17, 15) is 18.0 Å². The first-order chi connectivity index (χ1) is 8.46. The standard InChI is InChI=1S/C10H13F3N4O/c11-10(12,13)3-1-2-9(18)8-6-17(16-15-8)7-4-14-5-7/h6-7,14H,1-5H2. The molecule has 2 rings (SSSR count). The van der Waals surface area contributed by atoms with Crippen LogP contribution in [0.2, 0.25) is 0 Å². The molecular weight excluding hydrogens is 249 g/mol. The molecule has 1 aliphatic heterocycles. The molecule has 1 aromatic heterocycles. The summed E-state index contributed by atoms with van der Waals surface area (Å²) in [4.78, 5) is 11.6. The monoisotopic (exact) mass is 262 g/mol. The third-order valence-electron chi connectivity index (χ3n) is 2.79. The Balaban J connectivity index is 1.83. The van der Waals surface area contributed by atoms with Crippen LogP contribution in [0.1, 0.15) is 35.8 Å². The second-order valence-corrected chi connectivity index (χ2v) is 4.29. The van der Waals surface area contributed by atoms with Crippen LogP contribution in [0.3, 0.4) is 0 Å². The number of carbonyl (C=O) groups is 1. The fraction of sp³-hybridized carbons (Fsp3) is 0.700. The quantitative estimate of drug-likeness (QED) is 0.813. The first-order valence-corrected chi connectivity index (χ1v) is 5.68. The molecule has 0 bridgehead atoms. The second kappa shape index (κ2) is 5.05. The van der Waals surface area contributed by atoms with Crippen LogP contribution < -0.4 is 5.32 Å². The van der Waals surface area contributed by atoms with Crippen LogP contribution in [0.5, 0.6) is 0 Å². The molecular formula is C10H13F3N4O. The van der Waals surface area contributed by atoms with Crippen LogP contribution >= 0.6 is 0 Å². The van der Waals surface area contributed by atoms with Gasteiger partial charge in [-0.1, -0.05) is 5.21 Å². The lowest BCUT2D eigenvalue weighted by atomic mass is 10.1. The molecule has 0 aliphatic carbocycles. The molecule has 0 unspecified atom stereocenters. The molecule has 5 nitrogen and oxygen atoms in total. The summed E-state index contributed by atoms with van der Waals surface area (Å²) < 4.78 is 37.3. The first-order valence-electron chi connectivity index (χ1n) is 5.68. The zero-order valence-electron chi connectivity index (χ0n) is 9.57. The van der Waals surface area contributed by atoms with Crippen LogP contribution in [-0.2, 0) is 0 Å². The number of alkyl halides is 3. The number of ketones is 1. The number of hydrogen-bond acceptors (Lipinski definition) is 4. The van der Waals surface area contributed by atoms with E-state index in [-0.39, 0.29) is 24.6 Å². The zero-order chi connectivity index (χ0) is 13.2. The minimum Gasteiger partial charge on any atom is -0.312 e. The molecule has 1 N–H and O–H groups in total. The van der Waals surface area contributed by atoms with Crippen molar-refractivity contribution in [1.29, 1.82) is 0 Å². The molecule has 8 heteroatoms. The zero-order valence-corrected chi connectivity index (χ0v) is 9.57. The maximum atomic E-state index is 11.9. The predicted octanol–water partition coefficient (Wildman–Crippen LogP) is 1.34. The van der Waals surface area contributed by atoms with E-state index in [0.717, 1.165) is 13.1 Å². The molecule has 0 saturated carbocycles. The number of aromatic nitrogens is 3. The average Bonchev–Trinajstić information content (AvgIpc) is 2.62. The van der Waals surface area contributed by atoms with E-state index in [1.807, 2.05) is 0 Å². The number of hydrogen-bond donors (Lipinski definition) is 1. The smallest absolute Gasteiger partial charge is 0.312 e. The lowest BCUT2D eigenvalue weighted by Crippen LogP contribution is -2.43. The number of nitrogens with zero attached hydrogens (tertiary/aromatic N) is 3. The van der Waals surface area contributed by atoms with Crippen molar-refractivity contribution in [2.75, 3.05) is 13.1 Å². The fourth-order valence-corrected chi connectivity index (χ4v) is 1.62. The van der Waals surface area contributed by atoms with Gasteiger partial charge in [0.05, 0.1) is 12.2 Å². The molecule has 1 aromatic rings. The first kappa shape index (κ1) is 13.0. The number of rotatable bonds is 5. The minimum atomic E-state index is -4.21. The Morgan fingerprint density at radius 1 is 1.50 bits per heavy atom. The van der Waals surface area contributed by atoms with Gasteiger partial charge in [-0.05, 0) is 6.42 Å². The Labute approximate surface area is 101 Å². The van der Waals surface area contributed by atoms with Crippen LogP contribution in [0.4, 0.5) is 13.2 Å². The van der Waals surface area contributed by atoms with Gasteiger partial charge in [-0.3, -0.25) is 4.79 Å². The predicted molar refractivity (Wildman–Crippen MR) is 56.2 cm³/mol. The van der Waals surface area contributed by atoms with Crippen LogP contribution in [-0.4, -0.2) is 40.0 Å². The highest BCUT2D eigenvalue weighted by Gasteiger charge is 2.27. The summed E-state index contributed by atoms with van der Waals surface area (Å²) in [7, 11) is 0. The van der Waals surface area contributed by atoms with E-state index in [1.165, 1.54) is 6.20 Å². The van der Waals surface area contributed by atoms with E-state index in [0.29, 0.717) is 0 Å². The highest BCUT2D eigenvalue weighted by Crippen LogP contribution is 2.22. The van der Waals surface area contributed by atoms with Gasteiger partial charge in [0.1, 0.15) is 5.69 Å². The van der Waals surface area contributed by atoms with Gasteiger partial charge >= 0.3 is 6.18 Å². The van der Waals surface area contributed by atoms with Gasteiger partial charge in [-0.25, -0.2) is 4.68 Å². The van der Waals surface area contributed by atoms with Crippen molar-refractivity contribution in [3.8, 4) is 0 Å². The summed E-state index contributed by atoms with van der Waals surface area (Å²) in [5, 5.41) is 10.5. The topological polar surface area (TPSA) is 59.8 Å². The van der Waals surface area contributed by atoms with Gasteiger partial charge in [0.25, 0.3) is 0 Å². The summed E-state index contributed by atoms with van der Waals surface area (Å²) >= 11 is 0. The van der Waals surface area contributed by atoms with Crippen molar-refractivity contribution in [2.24, 2.45) is 0 Å². The van der Waals surface area contributed by atoms with Crippen molar-refractivity contribution in [2.45, 2.75) is 31.5 Å². The molecule has 18 heavy (non-hydrogen) atoms. The maximum Gasteiger partial charge on any atom is 0.389 e.